The van der Waals surface area contributed by atoms with Gasteiger partial charge >= 0.3 is 0 Å². The molecule has 0 aromatic carbocycles. The molecule has 0 saturated carbocycles. The lowest BCUT2D eigenvalue weighted by molar-refractivity contribution is -0.121. The van der Waals surface area contributed by atoms with Crippen molar-refractivity contribution in [2.75, 3.05) is 18.0 Å². The van der Waals surface area contributed by atoms with Crippen LogP contribution >= 0.6 is 0 Å². The number of hydrogen-bond donors (Lipinski definition) is 1. The topological polar surface area (TPSA) is 63.1 Å². The number of amides is 1. The van der Waals surface area contributed by atoms with Crippen LogP contribution in [0.3, 0.4) is 0 Å². The Morgan fingerprint density at radius 1 is 1.43 bits per heavy atom. The third kappa shape index (κ3) is 3.21. The van der Waals surface area contributed by atoms with Gasteiger partial charge in [-0.05, 0) is 24.6 Å². The first-order chi connectivity index (χ1) is 10.2. The van der Waals surface area contributed by atoms with E-state index in [4.69, 9.17) is 0 Å². The second-order valence-corrected chi connectivity index (χ2v) is 5.24. The second kappa shape index (κ2) is 5.95. The summed E-state index contributed by atoms with van der Waals surface area (Å²) >= 11 is 0. The predicted molar refractivity (Wildman–Crippen MR) is 80.0 cm³/mol. The lowest BCUT2D eigenvalue weighted by Gasteiger charge is -2.40. The van der Waals surface area contributed by atoms with Gasteiger partial charge in [0.25, 0.3) is 0 Å². The van der Waals surface area contributed by atoms with Crippen LogP contribution in [0, 0.1) is 0 Å². The Kier molecular flexibility index (Phi) is 3.85. The molecule has 1 aliphatic rings. The van der Waals surface area contributed by atoms with Gasteiger partial charge in [-0.3, -0.25) is 9.48 Å². The highest BCUT2D eigenvalue weighted by molar-refractivity contribution is 5.79. The van der Waals surface area contributed by atoms with Gasteiger partial charge in [-0.25, -0.2) is 4.98 Å². The summed E-state index contributed by atoms with van der Waals surface area (Å²) in [6.07, 6.45) is 5.84. The van der Waals surface area contributed by atoms with Crippen molar-refractivity contribution in [3.05, 3.63) is 42.4 Å². The highest BCUT2D eigenvalue weighted by Gasteiger charge is 2.28. The molecular weight excluding hydrogens is 266 g/mol. The minimum absolute atomic E-state index is 0.0522. The van der Waals surface area contributed by atoms with Crippen LogP contribution in [0.2, 0.25) is 0 Å². The van der Waals surface area contributed by atoms with E-state index < -0.39 is 0 Å². The maximum Gasteiger partial charge on any atom is 0.224 e. The van der Waals surface area contributed by atoms with Crippen molar-refractivity contribution < 1.29 is 4.79 Å². The standard InChI is InChI=1S/C15H19N5O/c1-2-20-9-12(8-17-20)7-15(21)18-13-10-19(11-13)14-5-3-4-6-16-14/h3-6,8-9,13H,2,7,10-11H2,1H3,(H,18,21). The number of hydrogen-bond acceptors (Lipinski definition) is 4. The molecule has 0 spiro atoms. The molecule has 6 heteroatoms. The quantitative estimate of drug-likeness (QED) is 0.884. The number of aryl methyl sites for hydroxylation is 1. The molecule has 0 unspecified atom stereocenters. The fourth-order valence-corrected chi connectivity index (χ4v) is 2.43. The van der Waals surface area contributed by atoms with Gasteiger partial charge in [-0.15, -0.1) is 0 Å². The summed E-state index contributed by atoms with van der Waals surface area (Å²) in [6.45, 7) is 4.48. The number of nitrogens with one attached hydrogen (secondary N) is 1. The molecule has 0 aliphatic carbocycles. The smallest absolute Gasteiger partial charge is 0.224 e. The highest BCUT2D eigenvalue weighted by Crippen LogP contribution is 2.17. The third-order valence-corrected chi connectivity index (χ3v) is 3.60. The minimum atomic E-state index is 0.0522. The fraction of sp³-hybridized carbons (Fsp3) is 0.400. The van der Waals surface area contributed by atoms with Crippen molar-refractivity contribution in [1.82, 2.24) is 20.1 Å². The number of anilines is 1. The van der Waals surface area contributed by atoms with Gasteiger partial charge in [0.1, 0.15) is 5.82 Å². The van der Waals surface area contributed by atoms with Crippen LogP contribution < -0.4 is 10.2 Å². The number of pyridine rings is 1. The van der Waals surface area contributed by atoms with E-state index >= 15 is 0 Å². The number of nitrogens with zero attached hydrogens (tertiary/aromatic N) is 4. The molecule has 2 aromatic rings. The Morgan fingerprint density at radius 2 is 2.29 bits per heavy atom. The van der Waals surface area contributed by atoms with Crippen LogP contribution in [0.25, 0.3) is 0 Å². The zero-order valence-electron chi connectivity index (χ0n) is 12.1. The van der Waals surface area contributed by atoms with Crippen LogP contribution in [0.15, 0.2) is 36.8 Å². The van der Waals surface area contributed by atoms with E-state index in [0.29, 0.717) is 6.42 Å². The van der Waals surface area contributed by atoms with E-state index in [1.165, 1.54) is 0 Å². The molecule has 1 aliphatic heterocycles. The summed E-state index contributed by atoms with van der Waals surface area (Å²) in [6, 6.07) is 6.07. The first-order valence-corrected chi connectivity index (χ1v) is 7.21. The van der Waals surface area contributed by atoms with Gasteiger partial charge < -0.3 is 10.2 Å². The summed E-state index contributed by atoms with van der Waals surface area (Å²) in [5.41, 5.74) is 0.954. The molecule has 110 valence electrons. The van der Waals surface area contributed by atoms with E-state index in [-0.39, 0.29) is 11.9 Å². The monoisotopic (exact) mass is 285 g/mol. The second-order valence-electron chi connectivity index (χ2n) is 5.24. The molecule has 1 N–H and O–H groups in total. The van der Waals surface area contributed by atoms with Gasteiger partial charge in [0.2, 0.25) is 5.91 Å². The number of carbonyl (C=O) groups excluding carboxylic acids is 1. The van der Waals surface area contributed by atoms with Crippen molar-refractivity contribution >= 4 is 11.7 Å². The summed E-state index contributed by atoms with van der Waals surface area (Å²) in [7, 11) is 0. The average molecular weight is 285 g/mol. The Balaban J connectivity index is 1.45. The maximum absolute atomic E-state index is 12.0. The van der Waals surface area contributed by atoms with Gasteiger partial charge in [0, 0.05) is 32.0 Å². The Bertz CT molecular complexity index is 604. The number of carbonyl (C=O) groups is 1. The summed E-state index contributed by atoms with van der Waals surface area (Å²) < 4.78 is 1.83. The van der Waals surface area contributed by atoms with Crippen LogP contribution in [0.4, 0.5) is 5.82 Å². The maximum atomic E-state index is 12.0. The van der Waals surface area contributed by atoms with E-state index in [1.807, 2.05) is 36.0 Å². The number of aromatic nitrogens is 3. The molecular formula is C15H19N5O. The van der Waals surface area contributed by atoms with Crippen LogP contribution in [0.1, 0.15) is 12.5 Å². The van der Waals surface area contributed by atoms with Crippen molar-refractivity contribution in [3.63, 3.8) is 0 Å². The normalized spacial score (nSPS) is 14.8. The van der Waals surface area contributed by atoms with Crippen molar-refractivity contribution in [2.45, 2.75) is 25.9 Å². The zero-order valence-corrected chi connectivity index (χ0v) is 12.1. The lowest BCUT2D eigenvalue weighted by Crippen LogP contribution is -2.59. The molecule has 1 amide bonds. The molecule has 3 heterocycles. The molecule has 6 nitrogen and oxygen atoms in total. The molecule has 0 atom stereocenters. The predicted octanol–water partition coefficient (Wildman–Crippen LogP) is 0.845. The van der Waals surface area contributed by atoms with Gasteiger partial charge in [0.15, 0.2) is 0 Å². The molecule has 0 bridgehead atoms. The van der Waals surface area contributed by atoms with E-state index in [1.54, 1.807) is 12.4 Å². The molecule has 2 aromatic heterocycles. The SMILES string of the molecule is CCn1cc(CC(=O)NC2CN(c3ccccn3)C2)cn1. The Morgan fingerprint density at radius 3 is 2.95 bits per heavy atom. The molecule has 0 radical (unpaired) electrons. The van der Waals surface area contributed by atoms with Gasteiger partial charge in [-0.2, -0.15) is 5.10 Å². The van der Waals surface area contributed by atoms with Crippen molar-refractivity contribution in [3.8, 4) is 0 Å². The fourth-order valence-electron chi connectivity index (χ4n) is 2.43. The van der Waals surface area contributed by atoms with Crippen LogP contribution in [-0.4, -0.2) is 39.8 Å². The first kappa shape index (κ1) is 13.6. The summed E-state index contributed by atoms with van der Waals surface area (Å²) in [4.78, 5) is 18.4. The molecule has 3 rings (SSSR count). The van der Waals surface area contributed by atoms with E-state index in [2.05, 4.69) is 20.3 Å². The average Bonchev–Trinajstić information content (AvgIpc) is 2.91. The van der Waals surface area contributed by atoms with Gasteiger partial charge in [0.05, 0.1) is 18.7 Å². The van der Waals surface area contributed by atoms with E-state index in [9.17, 15) is 4.79 Å². The Hall–Kier alpha value is -2.37. The zero-order chi connectivity index (χ0) is 14.7. The van der Waals surface area contributed by atoms with Crippen molar-refractivity contribution in [1.29, 1.82) is 0 Å². The summed E-state index contributed by atoms with van der Waals surface area (Å²) in [5, 5.41) is 7.22. The third-order valence-electron chi connectivity index (χ3n) is 3.60. The largest absolute Gasteiger partial charge is 0.352 e. The van der Waals surface area contributed by atoms with Crippen LogP contribution in [-0.2, 0) is 17.8 Å². The minimum Gasteiger partial charge on any atom is -0.352 e. The van der Waals surface area contributed by atoms with Crippen molar-refractivity contribution in [2.24, 2.45) is 0 Å². The molecule has 1 saturated heterocycles. The van der Waals surface area contributed by atoms with Gasteiger partial charge in [-0.1, -0.05) is 6.07 Å². The Labute approximate surface area is 123 Å². The number of rotatable bonds is 5. The summed E-state index contributed by atoms with van der Waals surface area (Å²) in [5.74, 6) is 1.02. The van der Waals surface area contributed by atoms with Crippen LogP contribution in [0.5, 0.6) is 0 Å². The highest BCUT2D eigenvalue weighted by atomic mass is 16.1. The molecule has 21 heavy (non-hydrogen) atoms. The lowest BCUT2D eigenvalue weighted by atomic mass is 10.1. The first-order valence-electron chi connectivity index (χ1n) is 7.21. The van der Waals surface area contributed by atoms with E-state index in [0.717, 1.165) is 31.0 Å². The molecule has 1 fully saturated rings.